The molecule has 1 N–H and O–H groups in total. The molecule has 0 atom stereocenters. The zero-order chi connectivity index (χ0) is 9.47. The first-order valence-electron chi connectivity index (χ1n) is 3.64. The Labute approximate surface area is 73.3 Å². The van der Waals surface area contributed by atoms with Crippen molar-refractivity contribution in [2.24, 2.45) is 0 Å². The average Bonchev–Trinajstić information content (AvgIpc) is 2.45. The van der Waals surface area contributed by atoms with Gasteiger partial charge in [-0.2, -0.15) is 0 Å². The maximum atomic E-state index is 10.5. The van der Waals surface area contributed by atoms with E-state index >= 15 is 0 Å². The van der Waals surface area contributed by atoms with Gasteiger partial charge < -0.3 is 20.3 Å². The van der Waals surface area contributed by atoms with E-state index in [0.717, 1.165) is 0 Å². The molecule has 1 aromatic heterocycles. The van der Waals surface area contributed by atoms with Crippen LogP contribution in [0.1, 0.15) is 5.82 Å². The van der Waals surface area contributed by atoms with Crippen LogP contribution in [0, 0.1) is 0 Å². The van der Waals surface area contributed by atoms with E-state index in [9.17, 15) is 15.3 Å². The number of fused-ring (bicyclic) bond motifs is 1. The van der Waals surface area contributed by atoms with Crippen LogP contribution in [0.15, 0.2) is 24.3 Å². The Morgan fingerprint density at radius 1 is 1.15 bits per heavy atom. The van der Waals surface area contributed by atoms with Gasteiger partial charge in [0, 0.05) is 0 Å². The fourth-order valence-electron chi connectivity index (χ4n) is 1.10. The van der Waals surface area contributed by atoms with Gasteiger partial charge in [0.1, 0.15) is 0 Å². The molecule has 5 heteroatoms. The summed E-state index contributed by atoms with van der Waals surface area (Å²) in [5, 5.41) is 31.4. The van der Waals surface area contributed by atoms with Gasteiger partial charge in [-0.1, -0.05) is 12.1 Å². The van der Waals surface area contributed by atoms with Gasteiger partial charge in [-0.05, 0) is 12.1 Å². The van der Waals surface area contributed by atoms with E-state index in [2.05, 4.69) is 9.97 Å². The lowest BCUT2D eigenvalue weighted by Crippen LogP contribution is -2.63. The molecule has 0 radical (unpaired) electrons. The van der Waals surface area contributed by atoms with Crippen molar-refractivity contribution in [1.82, 2.24) is 9.97 Å². The van der Waals surface area contributed by atoms with E-state index in [1.165, 1.54) is 0 Å². The quantitative estimate of drug-likeness (QED) is 0.497. The first-order valence-corrected chi connectivity index (χ1v) is 3.64. The summed E-state index contributed by atoms with van der Waals surface area (Å²) in [4.78, 5) is 5.98. The zero-order valence-electron chi connectivity index (χ0n) is 6.48. The number of rotatable bonds is 1. The third-order valence-corrected chi connectivity index (χ3v) is 1.68. The maximum Gasteiger partial charge on any atom is 0.0884 e. The molecule has 2 aromatic rings. The zero-order valence-corrected chi connectivity index (χ0v) is 6.48. The Bertz CT molecular complexity index is 397. The molecule has 68 valence electrons. The van der Waals surface area contributed by atoms with Crippen molar-refractivity contribution >= 4 is 11.0 Å². The molecule has 1 heterocycles. The van der Waals surface area contributed by atoms with E-state index in [1.54, 1.807) is 24.3 Å². The first-order chi connectivity index (χ1) is 6.07. The molecule has 0 spiro atoms. The van der Waals surface area contributed by atoms with Crippen LogP contribution in [0.3, 0.4) is 0 Å². The largest absolute Gasteiger partial charge is 0.871 e. The Kier molecular flexibility index (Phi) is 1.59. The Morgan fingerprint density at radius 3 is 2.46 bits per heavy atom. The van der Waals surface area contributed by atoms with Crippen LogP contribution in [0.2, 0.25) is 0 Å². The molecular formula is C8H5N2O3-3. The molecule has 0 aliphatic carbocycles. The van der Waals surface area contributed by atoms with E-state index in [0.29, 0.717) is 11.0 Å². The standard InChI is InChI=1S/C8H5N2O3/c11-8(12,13)7-9-5-3-1-2-4-6(5)10-7/h1-4H,(H,9,10)/q-3. The average molecular weight is 177 g/mol. The minimum absolute atomic E-state index is 0.449. The topological polar surface area (TPSA) is 97.9 Å². The molecule has 0 unspecified atom stereocenters. The summed E-state index contributed by atoms with van der Waals surface area (Å²) >= 11 is 0. The fourth-order valence-corrected chi connectivity index (χ4v) is 1.10. The molecule has 5 nitrogen and oxygen atoms in total. The van der Waals surface area contributed by atoms with E-state index in [-0.39, 0.29) is 0 Å². The highest BCUT2D eigenvalue weighted by Crippen LogP contribution is 2.11. The van der Waals surface area contributed by atoms with Crippen LogP contribution in [0.25, 0.3) is 11.0 Å². The summed E-state index contributed by atoms with van der Waals surface area (Å²) in [5.41, 5.74) is 0.967. The van der Waals surface area contributed by atoms with Crippen molar-refractivity contribution in [3.05, 3.63) is 30.1 Å². The van der Waals surface area contributed by atoms with Gasteiger partial charge in [0.2, 0.25) is 0 Å². The van der Waals surface area contributed by atoms with Crippen molar-refractivity contribution < 1.29 is 15.3 Å². The van der Waals surface area contributed by atoms with Crippen LogP contribution in [-0.2, 0) is 5.97 Å². The smallest absolute Gasteiger partial charge is 0.0884 e. The highest BCUT2D eigenvalue weighted by Gasteiger charge is 1.99. The number of hydrogen-bond acceptors (Lipinski definition) is 4. The summed E-state index contributed by atoms with van der Waals surface area (Å²) in [5.74, 6) is -4.27. The Morgan fingerprint density at radius 2 is 1.85 bits per heavy atom. The number of nitrogens with zero attached hydrogens (tertiary/aromatic N) is 1. The molecular weight excluding hydrogens is 172 g/mol. The molecule has 1 aromatic carbocycles. The molecule has 2 rings (SSSR count). The number of aromatic nitrogens is 2. The first kappa shape index (κ1) is 8.18. The third-order valence-electron chi connectivity index (χ3n) is 1.68. The van der Waals surface area contributed by atoms with Crippen molar-refractivity contribution in [2.45, 2.75) is 5.97 Å². The van der Waals surface area contributed by atoms with Crippen molar-refractivity contribution in [1.29, 1.82) is 0 Å². The number of H-pyrrole nitrogens is 1. The highest BCUT2D eigenvalue weighted by molar-refractivity contribution is 5.74. The highest BCUT2D eigenvalue weighted by atomic mass is 16.7. The minimum atomic E-state index is -3.65. The normalized spacial score (nSPS) is 12.2. The van der Waals surface area contributed by atoms with E-state index < -0.39 is 11.8 Å². The second-order valence-electron chi connectivity index (χ2n) is 2.66. The predicted octanol–water partition coefficient (Wildman–Crippen LogP) is -2.25. The van der Waals surface area contributed by atoms with Crippen LogP contribution < -0.4 is 15.3 Å². The Hall–Kier alpha value is -1.43. The van der Waals surface area contributed by atoms with Crippen molar-refractivity contribution in [3.63, 3.8) is 0 Å². The number of hydrogen-bond donors (Lipinski definition) is 1. The SMILES string of the molecule is [O-]C([O-])([O-])c1nc2ccccc2[nH]1. The number of aromatic amines is 1. The lowest BCUT2D eigenvalue weighted by atomic mass is 10.3. The number of nitrogens with one attached hydrogen (secondary N) is 1. The Balaban J connectivity index is 2.63. The molecule has 13 heavy (non-hydrogen) atoms. The van der Waals surface area contributed by atoms with Crippen LogP contribution in [0.5, 0.6) is 0 Å². The van der Waals surface area contributed by atoms with Gasteiger partial charge in [-0.25, -0.2) is 4.98 Å². The molecule has 0 fully saturated rings. The molecule has 0 aliphatic heterocycles. The maximum absolute atomic E-state index is 10.5. The minimum Gasteiger partial charge on any atom is -0.871 e. The summed E-state index contributed by atoms with van der Waals surface area (Å²) in [6.45, 7) is 0. The van der Waals surface area contributed by atoms with Gasteiger partial charge >= 0.3 is 0 Å². The number of para-hydroxylation sites is 2. The number of benzene rings is 1. The second-order valence-corrected chi connectivity index (χ2v) is 2.66. The van der Waals surface area contributed by atoms with Crippen LogP contribution in [0.4, 0.5) is 0 Å². The molecule has 0 saturated heterocycles. The van der Waals surface area contributed by atoms with Gasteiger partial charge in [-0.15, -0.1) is 0 Å². The lowest BCUT2D eigenvalue weighted by Gasteiger charge is -2.55. The number of imidazole rings is 1. The van der Waals surface area contributed by atoms with E-state index in [4.69, 9.17) is 0 Å². The third kappa shape index (κ3) is 1.40. The summed E-state index contributed by atoms with van der Waals surface area (Å²) < 4.78 is 0. The second kappa shape index (κ2) is 2.53. The van der Waals surface area contributed by atoms with Gasteiger partial charge in [-0.3, -0.25) is 5.97 Å². The fraction of sp³-hybridized carbons (Fsp3) is 0.125. The predicted molar refractivity (Wildman–Crippen MR) is 37.8 cm³/mol. The summed E-state index contributed by atoms with van der Waals surface area (Å²) in [7, 11) is 0. The van der Waals surface area contributed by atoms with Gasteiger partial charge in [0.15, 0.2) is 0 Å². The van der Waals surface area contributed by atoms with Crippen LogP contribution in [-0.4, -0.2) is 9.97 Å². The summed E-state index contributed by atoms with van der Waals surface area (Å²) in [6, 6.07) is 6.67. The molecule has 0 aliphatic rings. The van der Waals surface area contributed by atoms with Crippen molar-refractivity contribution in [3.8, 4) is 0 Å². The lowest BCUT2D eigenvalue weighted by molar-refractivity contribution is -0.922. The van der Waals surface area contributed by atoms with Crippen LogP contribution >= 0.6 is 0 Å². The van der Waals surface area contributed by atoms with Crippen molar-refractivity contribution in [2.75, 3.05) is 0 Å². The monoisotopic (exact) mass is 177 g/mol. The molecule has 0 bridgehead atoms. The van der Waals surface area contributed by atoms with Gasteiger partial charge in [0.05, 0.1) is 16.9 Å². The van der Waals surface area contributed by atoms with Gasteiger partial charge in [0.25, 0.3) is 0 Å². The molecule has 0 amide bonds. The van der Waals surface area contributed by atoms with E-state index in [1.807, 2.05) is 0 Å². The summed E-state index contributed by atoms with van der Waals surface area (Å²) in [6.07, 6.45) is 0. The molecule has 0 saturated carbocycles.